The van der Waals surface area contributed by atoms with Gasteiger partial charge in [0.25, 0.3) is 0 Å². The number of carboxylic acid groups (broad SMARTS) is 1. The topological polar surface area (TPSA) is 98.1 Å². The zero-order chi connectivity index (χ0) is 12.8. The number of nitrogens with zero attached hydrogens (tertiary/aromatic N) is 1. The van der Waals surface area contributed by atoms with Crippen LogP contribution in [0.15, 0.2) is 0 Å². The zero-order valence-electron chi connectivity index (χ0n) is 9.71. The van der Waals surface area contributed by atoms with E-state index in [0.717, 1.165) is 0 Å². The summed E-state index contributed by atoms with van der Waals surface area (Å²) in [6.07, 6.45) is 1.46. The molecular formula is C11H19NO5. The van der Waals surface area contributed by atoms with E-state index in [1.54, 1.807) is 0 Å². The maximum Gasteiger partial charge on any atom is 0.306 e. The second-order valence-corrected chi connectivity index (χ2v) is 4.32. The summed E-state index contributed by atoms with van der Waals surface area (Å²) in [6, 6.07) is 0. The summed E-state index contributed by atoms with van der Waals surface area (Å²) in [5.74, 6) is -1.73. The average Bonchev–Trinajstić information content (AvgIpc) is 2.77. The van der Waals surface area contributed by atoms with Gasteiger partial charge in [0.15, 0.2) is 0 Å². The van der Waals surface area contributed by atoms with E-state index < -0.39 is 11.9 Å². The van der Waals surface area contributed by atoms with Crippen LogP contribution < -0.4 is 0 Å². The number of rotatable bonds is 6. The van der Waals surface area contributed by atoms with Crippen molar-refractivity contribution in [2.75, 3.05) is 26.3 Å². The Bertz CT molecular complexity index is 275. The quantitative estimate of drug-likeness (QED) is 0.575. The Hall–Kier alpha value is -1.14. The number of amides is 1. The minimum absolute atomic E-state index is 0.152. The number of carbonyl (C=O) groups excluding carboxylic acids is 1. The Morgan fingerprint density at radius 3 is 2.00 bits per heavy atom. The van der Waals surface area contributed by atoms with Crippen LogP contribution in [0.1, 0.15) is 19.3 Å². The molecule has 6 nitrogen and oxygen atoms in total. The highest BCUT2D eigenvalue weighted by Crippen LogP contribution is 2.32. The highest BCUT2D eigenvalue weighted by atomic mass is 16.4. The molecule has 1 aliphatic carbocycles. The van der Waals surface area contributed by atoms with Crippen molar-refractivity contribution in [2.45, 2.75) is 19.3 Å². The van der Waals surface area contributed by atoms with E-state index in [9.17, 15) is 9.59 Å². The van der Waals surface area contributed by atoms with Crippen LogP contribution in [0.25, 0.3) is 0 Å². The van der Waals surface area contributed by atoms with Gasteiger partial charge in [0.1, 0.15) is 0 Å². The third-order valence-electron chi connectivity index (χ3n) is 3.18. The first-order valence-electron chi connectivity index (χ1n) is 5.83. The van der Waals surface area contributed by atoms with E-state index in [4.69, 9.17) is 15.3 Å². The van der Waals surface area contributed by atoms with Gasteiger partial charge in [-0.2, -0.15) is 0 Å². The number of carboxylic acids is 1. The van der Waals surface area contributed by atoms with Gasteiger partial charge in [-0.25, -0.2) is 0 Å². The molecule has 3 N–H and O–H groups in total. The van der Waals surface area contributed by atoms with E-state index in [1.807, 2.05) is 0 Å². The first-order valence-corrected chi connectivity index (χ1v) is 5.83. The molecule has 1 fully saturated rings. The van der Waals surface area contributed by atoms with Crippen LogP contribution >= 0.6 is 0 Å². The maximum atomic E-state index is 12.0. The minimum Gasteiger partial charge on any atom is -0.481 e. The predicted molar refractivity (Wildman–Crippen MR) is 59.2 cm³/mol. The van der Waals surface area contributed by atoms with E-state index in [2.05, 4.69) is 0 Å². The molecule has 17 heavy (non-hydrogen) atoms. The fourth-order valence-electron chi connectivity index (χ4n) is 2.26. The van der Waals surface area contributed by atoms with Crippen molar-refractivity contribution in [1.29, 1.82) is 0 Å². The van der Waals surface area contributed by atoms with Gasteiger partial charge >= 0.3 is 5.97 Å². The molecule has 0 radical (unpaired) electrons. The lowest BCUT2D eigenvalue weighted by Gasteiger charge is -2.24. The first kappa shape index (κ1) is 13.9. The van der Waals surface area contributed by atoms with Crippen LogP contribution in [0.2, 0.25) is 0 Å². The first-order chi connectivity index (χ1) is 8.10. The van der Waals surface area contributed by atoms with Gasteiger partial charge in [-0.05, 0) is 19.3 Å². The summed E-state index contributed by atoms with van der Waals surface area (Å²) in [6.45, 7) is 0.0723. The van der Waals surface area contributed by atoms with Crippen LogP contribution in [0.4, 0.5) is 0 Å². The third kappa shape index (κ3) is 3.67. The monoisotopic (exact) mass is 245 g/mol. The lowest BCUT2D eigenvalue weighted by molar-refractivity contribution is -0.141. The van der Waals surface area contributed by atoms with Crippen LogP contribution in [0, 0.1) is 11.8 Å². The van der Waals surface area contributed by atoms with E-state index in [0.29, 0.717) is 19.3 Å². The Kier molecular flexibility index (Phi) is 5.37. The molecule has 2 unspecified atom stereocenters. The van der Waals surface area contributed by atoms with Crippen LogP contribution in [-0.4, -0.2) is 58.4 Å². The van der Waals surface area contributed by atoms with Crippen molar-refractivity contribution in [3.05, 3.63) is 0 Å². The number of aliphatic hydroxyl groups excluding tert-OH is 2. The van der Waals surface area contributed by atoms with E-state index >= 15 is 0 Å². The Morgan fingerprint density at radius 1 is 1.06 bits per heavy atom. The van der Waals surface area contributed by atoms with Crippen molar-refractivity contribution in [1.82, 2.24) is 4.90 Å². The van der Waals surface area contributed by atoms with Gasteiger partial charge in [-0.1, -0.05) is 0 Å². The van der Waals surface area contributed by atoms with Crippen LogP contribution in [0.3, 0.4) is 0 Å². The third-order valence-corrected chi connectivity index (χ3v) is 3.18. The van der Waals surface area contributed by atoms with Crippen LogP contribution in [-0.2, 0) is 9.59 Å². The number of carbonyl (C=O) groups is 2. The molecule has 1 amide bonds. The molecule has 0 aliphatic heterocycles. The second-order valence-electron chi connectivity index (χ2n) is 4.32. The Morgan fingerprint density at radius 2 is 1.59 bits per heavy atom. The van der Waals surface area contributed by atoms with Gasteiger partial charge in [0, 0.05) is 19.0 Å². The normalized spacial score (nSPS) is 23.6. The predicted octanol–water partition coefficient (Wildman–Crippen LogP) is -0.700. The van der Waals surface area contributed by atoms with Gasteiger partial charge in [0.05, 0.1) is 19.1 Å². The largest absolute Gasteiger partial charge is 0.481 e. The van der Waals surface area contributed by atoms with Crippen LogP contribution in [0.5, 0.6) is 0 Å². The summed E-state index contributed by atoms with van der Waals surface area (Å²) in [4.78, 5) is 24.2. The van der Waals surface area contributed by atoms with Crippen molar-refractivity contribution in [3.8, 4) is 0 Å². The molecule has 0 saturated heterocycles. The SMILES string of the molecule is O=C(O)C1CCC(C(=O)N(CCO)CCO)C1. The van der Waals surface area contributed by atoms with Gasteiger partial charge in [0.2, 0.25) is 5.91 Å². The molecule has 0 bridgehead atoms. The van der Waals surface area contributed by atoms with E-state index in [-0.39, 0.29) is 38.1 Å². The Labute approximate surface area is 99.8 Å². The fourth-order valence-corrected chi connectivity index (χ4v) is 2.26. The Balaban J connectivity index is 2.54. The fraction of sp³-hybridized carbons (Fsp3) is 0.818. The maximum absolute atomic E-state index is 12.0. The second kappa shape index (κ2) is 6.56. The molecule has 1 saturated carbocycles. The van der Waals surface area contributed by atoms with Gasteiger partial charge in [-0.3, -0.25) is 9.59 Å². The molecule has 0 aromatic carbocycles. The van der Waals surface area contributed by atoms with Crippen molar-refractivity contribution in [2.24, 2.45) is 11.8 Å². The zero-order valence-corrected chi connectivity index (χ0v) is 9.71. The molecule has 0 aromatic rings. The van der Waals surface area contributed by atoms with Crippen molar-refractivity contribution in [3.63, 3.8) is 0 Å². The smallest absolute Gasteiger partial charge is 0.306 e. The van der Waals surface area contributed by atoms with E-state index in [1.165, 1.54) is 4.90 Å². The lowest BCUT2D eigenvalue weighted by atomic mass is 10.0. The summed E-state index contributed by atoms with van der Waals surface area (Å²) in [5, 5.41) is 26.5. The number of hydrogen-bond donors (Lipinski definition) is 3. The minimum atomic E-state index is -0.851. The summed E-state index contributed by atoms with van der Waals surface area (Å²) >= 11 is 0. The molecule has 2 atom stereocenters. The van der Waals surface area contributed by atoms with Gasteiger partial charge in [-0.15, -0.1) is 0 Å². The molecule has 6 heteroatoms. The molecule has 0 heterocycles. The molecule has 0 spiro atoms. The number of hydrogen-bond acceptors (Lipinski definition) is 4. The molecular weight excluding hydrogens is 226 g/mol. The van der Waals surface area contributed by atoms with Gasteiger partial charge < -0.3 is 20.2 Å². The molecule has 0 aromatic heterocycles. The average molecular weight is 245 g/mol. The lowest BCUT2D eigenvalue weighted by Crippen LogP contribution is -2.39. The molecule has 1 aliphatic rings. The summed E-state index contributed by atoms with van der Waals surface area (Å²) < 4.78 is 0. The highest BCUT2D eigenvalue weighted by molar-refractivity contribution is 5.81. The molecule has 1 rings (SSSR count). The standard InChI is InChI=1S/C11H19NO5/c13-5-3-12(4-6-14)10(15)8-1-2-9(7-8)11(16)17/h8-9,13-14H,1-7H2,(H,16,17). The highest BCUT2D eigenvalue weighted by Gasteiger charge is 2.35. The van der Waals surface area contributed by atoms with Crippen molar-refractivity contribution < 1.29 is 24.9 Å². The van der Waals surface area contributed by atoms with Crippen molar-refractivity contribution >= 4 is 11.9 Å². The summed E-state index contributed by atoms with van der Waals surface area (Å²) in [7, 11) is 0. The summed E-state index contributed by atoms with van der Waals surface area (Å²) in [5.41, 5.74) is 0. The number of aliphatic hydroxyl groups is 2. The number of aliphatic carboxylic acids is 1. The molecule has 98 valence electrons.